The van der Waals surface area contributed by atoms with E-state index in [9.17, 15) is 10.1 Å². The van der Waals surface area contributed by atoms with Crippen LogP contribution in [0.1, 0.15) is 18.5 Å². The minimum atomic E-state index is -0.124. The third-order valence-electron chi connectivity index (χ3n) is 3.80. The fraction of sp³-hybridized carbons (Fsp3) is 0.400. The van der Waals surface area contributed by atoms with Crippen LogP contribution in [0.5, 0.6) is 0 Å². The Balaban J connectivity index is 1.73. The molecule has 3 heterocycles. The summed E-state index contributed by atoms with van der Waals surface area (Å²) in [5.41, 5.74) is 2.58. The van der Waals surface area contributed by atoms with Crippen LogP contribution in [-0.4, -0.2) is 31.1 Å². The number of oxazole rings is 1. The van der Waals surface area contributed by atoms with E-state index in [1.54, 1.807) is 12.1 Å². The molecular weight excluding hydrogens is 300 g/mol. The fourth-order valence-electron chi connectivity index (χ4n) is 2.63. The van der Waals surface area contributed by atoms with Crippen molar-refractivity contribution in [1.82, 2.24) is 10.5 Å². The number of nitrogens with one attached hydrogen (secondary N) is 1. The number of aromatic nitrogens is 1. The summed E-state index contributed by atoms with van der Waals surface area (Å²) in [5.74, 6) is 0.943. The van der Waals surface area contributed by atoms with E-state index in [1.807, 2.05) is 11.0 Å². The number of rotatable bonds is 4. The van der Waals surface area contributed by atoms with Gasteiger partial charge in [0, 0.05) is 19.0 Å². The molecule has 0 spiro atoms. The number of anilines is 1. The number of furan rings is 1. The minimum Gasteiger partial charge on any atom is -0.459 e. The van der Waals surface area contributed by atoms with Crippen molar-refractivity contribution in [3.8, 4) is 17.7 Å². The highest BCUT2D eigenvalue weighted by atomic mass is 16.6. The molecule has 8 nitrogen and oxygen atoms in total. The standard InChI is InChI=1S/C15H16N4O4/c1-21-18-13(20)10-4-6-19(7-5-10)15-11(9-16)17-14(23-15)12-3-2-8-22-12/h2-3,8,10H,4-7H2,1H3,(H,18,20). The molecule has 1 amide bonds. The quantitative estimate of drug-likeness (QED) is 0.856. The number of piperidine rings is 1. The number of hydrogen-bond donors (Lipinski definition) is 1. The number of carbonyl (C=O) groups is 1. The van der Waals surface area contributed by atoms with Gasteiger partial charge in [0.05, 0.1) is 13.4 Å². The van der Waals surface area contributed by atoms with Gasteiger partial charge in [0.2, 0.25) is 17.5 Å². The first-order valence-electron chi connectivity index (χ1n) is 7.25. The number of nitriles is 1. The van der Waals surface area contributed by atoms with Crippen molar-refractivity contribution in [2.24, 2.45) is 5.92 Å². The van der Waals surface area contributed by atoms with Crippen LogP contribution in [0.25, 0.3) is 11.7 Å². The highest BCUT2D eigenvalue weighted by Gasteiger charge is 2.29. The van der Waals surface area contributed by atoms with E-state index in [-0.39, 0.29) is 23.4 Å². The molecule has 120 valence electrons. The molecule has 1 fully saturated rings. The molecule has 1 aliphatic rings. The van der Waals surface area contributed by atoms with Crippen molar-refractivity contribution < 1.29 is 18.5 Å². The number of carbonyl (C=O) groups excluding carboxylic acids is 1. The molecule has 1 aliphatic heterocycles. The molecular formula is C15H16N4O4. The van der Waals surface area contributed by atoms with Crippen molar-refractivity contribution in [1.29, 1.82) is 5.26 Å². The second-order valence-electron chi connectivity index (χ2n) is 5.19. The molecule has 2 aromatic rings. The number of amides is 1. The van der Waals surface area contributed by atoms with Gasteiger partial charge in [-0.3, -0.25) is 9.63 Å². The predicted octanol–water partition coefficient (Wildman–Crippen LogP) is 1.70. The lowest BCUT2D eigenvalue weighted by Crippen LogP contribution is -2.40. The van der Waals surface area contributed by atoms with Crippen molar-refractivity contribution >= 4 is 11.8 Å². The fourth-order valence-corrected chi connectivity index (χ4v) is 2.63. The summed E-state index contributed by atoms with van der Waals surface area (Å²) in [4.78, 5) is 22.5. The monoisotopic (exact) mass is 316 g/mol. The van der Waals surface area contributed by atoms with Gasteiger partial charge in [-0.2, -0.15) is 10.2 Å². The molecule has 0 unspecified atom stereocenters. The van der Waals surface area contributed by atoms with Gasteiger partial charge in [-0.25, -0.2) is 5.48 Å². The molecule has 0 bridgehead atoms. The van der Waals surface area contributed by atoms with E-state index < -0.39 is 0 Å². The van der Waals surface area contributed by atoms with Crippen molar-refractivity contribution in [3.05, 3.63) is 24.1 Å². The predicted molar refractivity (Wildman–Crippen MR) is 79.0 cm³/mol. The van der Waals surface area contributed by atoms with Crippen LogP contribution in [0.15, 0.2) is 27.2 Å². The van der Waals surface area contributed by atoms with Crippen molar-refractivity contribution in [2.75, 3.05) is 25.1 Å². The van der Waals surface area contributed by atoms with Crippen LogP contribution in [0.4, 0.5) is 5.88 Å². The van der Waals surface area contributed by atoms with Crippen molar-refractivity contribution in [2.45, 2.75) is 12.8 Å². The molecule has 0 aromatic carbocycles. The maximum Gasteiger partial charge on any atom is 0.266 e. The molecule has 3 rings (SSSR count). The first-order chi connectivity index (χ1) is 11.2. The minimum absolute atomic E-state index is 0.107. The summed E-state index contributed by atoms with van der Waals surface area (Å²) in [5, 5.41) is 9.26. The summed E-state index contributed by atoms with van der Waals surface area (Å²) in [6.07, 6.45) is 2.82. The second kappa shape index (κ2) is 6.54. The maximum atomic E-state index is 11.8. The Morgan fingerprint density at radius 2 is 2.30 bits per heavy atom. The molecule has 1 saturated heterocycles. The molecule has 0 saturated carbocycles. The van der Waals surface area contributed by atoms with E-state index in [4.69, 9.17) is 8.83 Å². The Hall–Kier alpha value is -2.79. The normalized spacial score (nSPS) is 15.4. The zero-order valence-corrected chi connectivity index (χ0v) is 12.6. The Labute approximate surface area is 132 Å². The molecule has 0 radical (unpaired) electrons. The van der Waals surface area contributed by atoms with Crippen molar-refractivity contribution in [3.63, 3.8) is 0 Å². The van der Waals surface area contributed by atoms with Gasteiger partial charge < -0.3 is 13.7 Å². The van der Waals surface area contributed by atoms with Gasteiger partial charge in [0.1, 0.15) is 6.07 Å². The zero-order chi connectivity index (χ0) is 16.2. The molecule has 8 heteroatoms. The van der Waals surface area contributed by atoms with E-state index in [1.165, 1.54) is 13.4 Å². The highest BCUT2D eigenvalue weighted by molar-refractivity contribution is 5.78. The highest BCUT2D eigenvalue weighted by Crippen LogP contribution is 2.31. The smallest absolute Gasteiger partial charge is 0.266 e. The Morgan fingerprint density at radius 3 is 2.91 bits per heavy atom. The summed E-state index contributed by atoms with van der Waals surface area (Å²) >= 11 is 0. The van der Waals surface area contributed by atoms with Gasteiger partial charge in [-0.1, -0.05) is 0 Å². The number of hydrogen-bond acceptors (Lipinski definition) is 7. The van der Waals surface area contributed by atoms with Gasteiger partial charge in [-0.15, -0.1) is 0 Å². The molecule has 0 aliphatic carbocycles. The lowest BCUT2D eigenvalue weighted by atomic mass is 9.96. The van der Waals surface area contributed by atoms with E-state index in [0.29, 0.717) is 37.6 Å². The summed E-state index contributed by atoms with van der Waals surface area (Å²) in [6, 6.07) is 5.49. The van der Waals surface area contributed by atoms with Crippen LogP contribution >= 0.6 is 0 Å². The molecule has 0 atom stereocenters. The maximum absolute atomic E-state index is 11.8. The average molecular weight is 316 g/mol. The van der Waals surface area contributed by atoms with Crippen LogP contribution in [0.2, 0.25) is 0 Å². The van der Waals surface area contributed by atoms with Gasteiger partial charge in [0.15, 0.2) is 5.76 Å². The van der Waals surface area contributed by atoms with Gasteiger partial charge >= 0.3 is 0 Å². The summed E-state index contributed by atoms with van der Waals surface area (Å²) in [7, 11) is 1.41. The van der Waals surface area contributed by atoms with Gasteiger partial charge in [0.25, 0.3) is 5.89 Å². The van der Waals surface area contributed by atoms with E-state index in [0.717, 1.165) is 0 Å². The SMILES string of the molecule is CONC(=O)C1CCN(c2oc(-c3ccco3)nc2C#N)CC1. The molecule has 1 N–H and O–H groups in total. The van der Waals surface area contributed by atoms with Gasteiger partial charge in [-0.05, 0) is 25.0 Å². The largest absolute Gasteiger partial charge is 0.459 e. The topological polar surface area (TPSA) is 105 Å². The number of nitrogens with zero attached hydrogens (tertiary/aromatic N) is 3. The number of hydroxylamine groups is 1. The summed E-state index contributed by atoms with van der Waals surface area (Å²) < 4.78 is 11.0. The van der Waals surface area contributed by atoms with E-state index >= 15 is 0 Å². The summed E-state index contributed by atoms with van der Waals surface area (Å²) in [6.45, 7) is 1.20. The Bertz CT molecular complexity index is 708. The van der Waals surface area contributed by atoms with Crippen LogP contribution in [0, 0.1) is 17.2 Å². The van der Waals surface area contributed by atoms with Crippen LogP contribution in [-0.2, 0) is 9.63 Å². The average Bonchev–Trinajstić information content (AvgIpc) is 3.24. The third kappa shape index (κ3) is 3.05. The Kier molecular flexibility index (Phi) is 4.30. The lowest BCUT2D eigenvalue weighted by molar-refractivity contribution is -0.136. The first-order valence-corrected chi connectivity index (χ1v) is 7.25. The second-order valence-corrected chi connectivity index (χ2v) is 5.19. The lowest BCUT2D eigenvalue weighted by Gasteiger charge is -2.30. The van der Waals surface area contributed by atoms with E-state index in [2.05, 4.69) is 15.3 Å². The molecule has 23 heavy (non-hydrogen) atoms. The van der Waals surface area contributed by atoms with Crippen LogP contribution < -0.4 is 10.4 Å². The first kappa shape index (κ1) is 15.1. The zero-order valence-electron chi connectivity index (χ0n) is 12.6. The van der Waals surface area contributed by atoms with Crippen LogP contribution in [0.3, 0.4) is 0 Å². The third-order valence-corrected chi connectivity index (χ3v) is 3.80. The Morgan fingerprint density at radius 1 is 1.52 bits per heavy atom. The molecule has 2 aromatic heterocycles.